The Labute approximate surface area is 384 Å². The van der Waals surface area contributed by atoms with Crippen LogP contribution in [0.25, 0.3) is 22.2 Å². The van der Waals surface area contributed by atoms with Gasteiger partial charge in [-0.05, 0) is 91.3 Å². The van der Waals surface area contributed by atoms with Gasteiger partial charge in [0.1, 0.15) is 23.7 Å². The molecule has 3 aromatic carbocycles. The Balaban J connectivity index is 0.671. The number of H-pyrrole nitrogens is 1. The molecule has 0 radical (unpaired) electrons. The summed E-state index contributed by atoms with van der Waals surface area (Å²) in [6, 6.07) is 16.9. The molecule has 8 heterocycles. The fourth-order valence-electron chi connectivity index (χ4n) is 11.0. The maximum atomic E-state index is 15.8. The van der Waals surface area contributed by atoms with Crippen molar-refractivity contribution in [3.63, 3.8) is 0 Å². The van der Waals surface area contributed by atoms with Crippen molar-refractivity contribution in [2.45, 2.75) is 50.9 Å². The molecular formula is C48H48F3N9O6S. The Morgan fingerprint density at radius 1 is 0.866 bits per heavy atom. The van der Waals surface area contributed by atoms with Crippen LogP contribution < -0.4 is 19.8 Å². The summed E-state index contributed by atoms with van der Waals surface area (Å²) in [5, 5.41) is 2.70. The van der Waals surface area contributed by atoms with Crippen LogP contribution in [0.3, 0.4) is 0 Å². The van der Waals surface area contributed by atoms with Gasteiger partial charge in [-0.15, -0.1) is 0 Å². The van der Waals surface area contributed by atoms with Crippen LogP contribution in [0.2, 0.25) is 0 Å². The normalized spacial score (nSPS) is 22.3. The monoisotopic (exact) mass is 935 g/mol. The third-order valence-corrected chi connectivity index (χ3v) is 16.0. The minimum atomic E-state index is -4.35. The first-order valence-electron chi connectivity index (χ1n) is 22.7. The predicted molar refractivity (Wildman–Crippen MR) is 243 cm³/mol. The van der Waals surface area contributed by atoms with Crippen molar-refractivity contribution in [3.8, 4) is 11.1 Å². The number of aromatic nitrogens is 2. The zero-order valence-corrected chi connectivity index (χ0v) is 37.3. The van der Waals surface area contributed by atoms with E-state index in [0.29, 0.717) is 41.0 Å². The van der Waals surface area contributed by atoms with Crippen molar-refractivity contribution in [2.24, 2.45) is 11.3 Å². The summed E-state index contributed by atoms with van der Waals surface area (Å²) < 4.78 is 73.1. The number of nitrogens with one attached hydrogen (secondary N) is 3. The van der Waals surface area contributed by atoms with Crippen molar-refractivity contribution in [1.29, 1.82) is 0 Å². The Kier molecular flexibility index (Phi) is 10.6. The lowest BCUT2D eigenvalue weighted by atomic mass is 9.72. The number of hydrogen-bond donors (Lipinski definition) is 3. The molecule has 0 bridgehead atoms. The fourth-order valence-corrected chi connectivity index (χ4v) is 12.2. The Hall–Kier alpha value is -6.31. The Bertz CT molecular complexity index is 2960. The molecule has 15 nitrogen and oxygen atoms in total. The lowest BCUT2D eigenvalue weighted by Crippen LogP contribution is -2.72. The molecule has 6 aliphatic rings. The SMILES string of the molecule is O=C1CC[C@@H](N2Cc3cc(N4CC5(CN(CC6CCN(c7ccc(-c8cnc9[nH]cc(C(=O)c%10c(F)ccc(NS(=O)(=O)N%11CC[C@@H](F)C%11)c%10F)c9c8)cc7)CC6)C5)C4)ccc3C2=O)C(=O)N1. The van der Waals surface area contributed by atoms with E-state index in [1.165, 1.54) is 6.20 Å². The minimum Gasteiger partial charge on any atom is -0.372 e. The summed E-state index contributed by atoms with van der Waals surface area (Å²) in [6.07, 6.45) is 4.38. The van der Waals surface area contributed by atoms with Crippen molar-refractivity contribution >= 4 is 61.8 Å². The molecule has 67 heavy (non-hydrogen) atoms. The average Bonchev–Trinajstić information content (AvgIpc) is 4.02. The van der Waals surface area contributed by atoms with E-state index in [1.54, 1.807) is 17.2 Å². The van der Waals surface area contributed by atoms with Gasteiger partial charge >= 0.3 is 10.2 Å². The van der Waals surface area contributed by atoms with Crippen LogP contribution in [0.4, 0.5) is 30.2 Å². The standard InChI is InChI=1S/C48H48F3N9O6S/c49-32-13-16-59(23-32)67(65,66)55-39-8-7-38(50)42(43(39)51)44(62)37-20-53-45-36(37)18-30(19-52-45)29-1-3-33(4-2-29)57-14-11-28(12-15-57)21-56-24-48(25-56)26-58(27-48)34-5-6-35-31(17-34)22-60(47(35)64)40-9-10-41(61)54-46(40)63/h1-8,17-20,28,32,40,55H,9-16,21-27H2,(H,52,53)(H,54,61,63)/t32-,40-/m1/s1. The number of pyridine rings is 1. The zero-order valence-electron chi connectivity index (χ0n) is 36.4. The summed E-state index contributed by atoms with van der Waals surface area (Å²) in [5.41, 5.74) is 4.30. The number of carbonyl (C=O) groups excluding carboxylic acids is 4. The molecule has 5 saturated heterocycles. The first kappa shape index (κ1) is 43.3. The topological polar surface area (TPSA) is 171 Å². The van der Waals surface area contributed by atoms with E-state index in [0.717, 1.165) is 97.6 Å². The number of halogens is 3. The van der Waals surface area contributed by atoms with Gasteiger partial charge in [0.05, 0.1) is 11.3 Å². The number of likely N-dealkylation sites (tertiary alicyclic amines) is 1. The number of aromatic amines is 1. The van der Waals surface area contributed by atoms with Crippen LogP contribution in [0.15, 0.2) is 73.1 Å². The molecule has 5 aromatic rings. The number of rotatable bonds is 11. The van der Waals surface area contributed by atoms with Gasteiger partial charge in [0.15, 0.2) is 5.82 Å². The number of alkyl halides is 1. The molecule has 3 amide bonds. The van der Waals surface area contributed by atoms with E-state index < -0.39 is 57.0 Å². The Morgan fingerprint density at radius 2 is 1.63 bits per heavy atom. The average molecular weight is 936 g/mol. The summed E-state index contributed by atoms with van der Waals surface area (Å²) in [6.45, 7) is 6.95. The fraction of sp³-hybridized carbons (Fsp3) is 0.396. The summed E-state index contributed by atoms with van der Waals surface area (Å²) in [7, 11) is -4.35. The number of anilines is 3. The van der Waals surface area contributed by atoms with Crippen molar-refractivity contribution in [3.05, 3.63) is 107 Å². The van der Waals surface area contributed by atoms with Gasteiger partial charge in [0.25, 0.3) is 5.91 Å². The van der Waals surface area contributed by atoms with Crippen LogP contribution in [-0.4, -0.2) is 127 Å². The van der Waals surface area contributed by atoms with Gasteiger partial charge in [0, 0.05) is 123 Å². The molecule has 5 fully saturated rings. The highest BCUT2D eigenvalue weighted by molar-refractivity contribution is 7.90. The van der Waals surface area contributed by atoms with Gasteiger partial charge in [0.2, 0.25) is 17.6 Å². The van der Waals surface area contributed by atoms with Crippen LogP contribution in [0, 0.1) is 23.0 Å². The number of piperidine rings is 2. The molecule has 19 heteroatoms. The molecule has 0 saturated carbocycles. The van der Waals surface area contributed by atoms with Gasteiger partial charge in [-0.1, -0.05) is 12.1 Å². The molecule has 2 aromatic heterocycles. The van der Waals surface area contributed by atoms with E-state index in [9.17, 15) is 32.0 Å². The maximum absolute atomic E-state index is 15.8. The molecular weight excluding hydrogens is 888 g/mol. The summed E-state index contributed by atoms with van der Waals surface area (Å²) in [4.78, 5) is 67.3. The predicted octanol–water partition coefficient (Wildman–Crippen LogP) is 5.24. The maximum Gasteiger partial charge on any atom is 0.301 e. The molecule has 6 aliphatic heterocycles. The van der Waals surface area contributed by atoms with Crippen LogP contribution in [0.1, 0.15) is 63.9 Å². The second kappa shape index (κ2) is 16.5. The molecule has 1 spiro atoms. The second-order valence-electron chi connectivity index (χ2n) is 19.0. The lowest BCUT2D eigenvalue weighted by Gasteiger charge is -2.61. The van der Waals surface area contributed by atoms with Gasteiger partial charge < -0.3 is 24.6 Å². The quantitative estimate of drug-likeness (QED) is 0.118. The highest BCUT2D eigenvalue weighted by Gasteiger charge is 2.52. The van der Waals surface area contributed by atoms with Crippen molar-refractivity contribution < 1.29 is 40.8 Å². The molecule has 11 rings (SSSR count). The molecule has 0 unspecified atom stereocenters. The second-order valence-corrected chi connectivity index (χ2v) is 20.7. The molecule has 0 aliphatic carbocycles. The number of carbonyl (C=O) groups is 4. The van der Waals surface area contributed by atoms with Crippen molar-refractivity contribution in [1.82, 2.24) is 29.4 Å². The molecule has 2 atom stereocenters. The number of hydrogen-bond acceptors (Lipinski definition) is 10. The number of fused-ring (bicyclic) bond motifs is 2. The van der Waals surface area contributed by atoms with E-state index in [1.807, 2.05) is 29.0 Å². The van der Waals surface area contributed by atoms with E-state index >= 15 is 8.78 Å². The van der Waals surface area contributed by atoms with Crippen LogP contribution in [-0.2, 0) is 26.3 Å². The smallest absolute Gasteiger partial charge is 0.301 e. The first-order valence-corrected chi connectivity index (χ1v) is 24.2. The number of ketones is 1. The third-order valence-electron chi connectivity index (χ3n) is 14.5. The number of nitrogens with zero attached hydrogens (tertiary/aromatic N) is 6. The van der Waals surface area contributed by atoms with Gasteiger partial charge in [-0.2, -0.15) is 12.7 Å². The Morgan fingerprint density at radius 3 is 2.36 bits per heavy atom. The van der Waals surface area contributed by atoms with E-state index in [2.05, 4.69) is 48.2 Å². The zero-order chi connectivity index (χ0) is 46.4. The van der Waals surface area contributed by atoms with Crippen molar-refractivity contribution in [2.75, 3.05) is 73.4 Å². The highest BCUT2D eigenvalue weighted by Crippen LogP contribution is 2.44. The van der Waals surface area contributed by atoms with Crippen LogP contribution in [0.5, 0.6) is 0 Å². The first-order chi connectivity index (χ1) is 32.2. The summed E-state index contributed by atoms with van der Waals surface area (Å²) >= 11 is 0. The highest BCUT2D eigenvalue weighted by atomic mass is 32.2. The van der Waals surface area contributed by atoms with Crippen LogP contribution >= 0.6 is 0 Å². The van der Waals surface area contributed by atoms with Gasteiger partial charge in [-0.3, -0.25) is 29.2 Å². The number of benzene rings is 3. The molecule has 3 N–H and O–H groups in total. The largest absolute Gasteiger partial charge is 0.372 e. The minimum absolute atomic E-state index is 0.00522. The van der Waals surface area contributed by atoms with E-state index in [4.69, 9.17) is 0 Å². The number of imide groups is 1. The number of amides is 3. The lowest BCUT2D eigenvalue weighted by molar-refractivity contribution is -0.136. The summed E-state index contributed by atoms with van der Waals surface area (Å²) in [5.74, 6) is -3.78. The molecule has 348 valence electrons. The third kappa shape index (κ3) is 7.89. The van der Waals surface area contributed by atoms with Gasteiger partial charge in [-0.25, -0.2) is 18.2 Å². The van der Waals surface area contributed by atoms with E-state index in [-0.39, 0.29) is 48.7 Å².